The van der Waals surface area contributed by atoms with Crippen molar-refractivity contribution in [3.63, 3.8) is 0 Å². The van der Waals surface area contributed by atoms with Gasteiger partial charge in [-0.2, -0.15) is 0 Å². The standard InChI is InChI=1S/C10H14N2O3/c1-2-3-6-11-10(15)12(7-9(13)14)8-4-5-8/h8H,4-7H2,1H3,(H,11,15)(H,13,14). The fourth-order valence-corrected chi connectivity index (χ4v) is 1.21. The second kappa shape index (κ2) is 5.25. The van der Waals surface area contributed by atoms with Crippen molar-refractivity contribution in [2.24, 2.45) is 0 Å². The van der Waals surface area contributed by atoms with Gasteiger partial charge in [-0.1, -0.05) is 5.92 Å². The molecule has 1 rings (SSSR count). The summed E-state index contributed by atoms with van der Waals surface area (Å²) in [4.78, 5) is 23.4. The predicted molar refractivity (Wildman–Crippen MR) is 54.2 cm³/mol. The fraction of sp³-hybridized carbons (Fsp3) is 0.600. The summed E-state index contributed by atoms with van der Waals surface area (Å²) in [6, 6.07) is -0.252. The van der Waals surface area contributed by atoms with Crippen LogP contribution in [0.2, 0.25) is 0 Å². The van der Waals surface area contributed by atoms with Crippen molar-refractivity contribution in [3.8, 4) is 11.8 Å². The van der Waals surface area contributed by atoms with E-state index in [1.807, 2.05) is 0 Å². The molecule has 0 aromatic carbocycles. The molecule has 1 saturated carbocycles. The van der Waals surface area contributed by atoms with E-state index in [0.717, 1.165) is 12.8 Å². The van der Waals surface area contributed by atoms with Gasteiger partial charge < -0.3 is 15.3 Å². The van der Waals surface area contributed by atoms with Crippen LogP contribution in [0.3, 0.4) is 0 Å². The summed E-state index contributed by atoms with van der Waals surface area (Å²) in [6.45, 7) is 1.70. The third-order valence-corrected chi connectivity index (χ3v) is 2.06. The van der Waals surface area contributed by atoms with E-state index in [2.05, 4.69) is 17.2 Å². The van der Waals surface area contributed by atoms with Gasteiger partial charge in [-0.3, -0.25) is 4.79 Å². The molecule has 5 heteroatoms. The number of carboxylic acids is 1. The van der Waals surface area contributed by atoms with E-state index in [1.54, 1.807) is 6.92 Å². The lowest BCUT2D eigenvalue weighted by molar-refractivity contribution is -0.137. The average Bonchev–Trinajstić information content (AvgIpc) is 2.97. The Hall–Kier alpha value is -1.70. The number of aliphatic carboxylic acids is 1. The molecule has 0 radical (unpaired) electrons. The van der Waals surface area contributed by atoms with Crippen molar-refractivity contribution >= 4 is 12.0 Å². The highest BCUT2D eigenvalue weighted by Gasteiger charge is 2.33. The molecule has 0 aromatic heterocycles. The largest absolute Gasteiger partial charge is 0.480 e. The van der Waals surface area contributed by atoms with Crippen molar-refractivity contribution in [1.82, 2.24) is 10.2 Å². The van der Waals surface area contributed by atoms with Crippen molar-refractivity contribution in [3.05, 3.63) is 0 Å². The minimum atomic E-state index is -0.987. The van der Waals surface area contributed by atoms with Gasteiger partial charge in [0.15, 0.2) is 0 Å². The molecule has 2 N–H and O–H groups in total. The van der Waals surface area contributed by atoms with Gasteiger partial charge in [0, 0.05) is 6.04 Å². The van der Waals surface area contributed by atoms with Crippen LogP contribution < -0.4 is 5.32 Å². The van der Waals surface area contributed by atoms with Crippen LogP contribution >= 0.6 is 0 Å². The summed E-state index contributed by atoms with van der Waals surface area (Å²) in [5.41, 5.74) is 0. The lowest BCUT2D eigenvalue weighted by Gasteiger charge is -2.19. The van der Waals surface area contributed by atoms with Gasteiger partial charge in [-0.15, -0.1) is 5.92 Å². The summed E-state index contributed by atoms with van der Waals surface area (Å²) in [5, 5.41) is 11.2. The fourth-order valence-electron chi connectivity index (χ4n) is 1.21. The van der Waals surface area contributed by atoms with E-state index < -0.39 is 5.97 Å². The summed E-state index contributed by atoms with van der Waals surface area (Å²) in [5.74, 6) is 4.35. The summed E-state index contributed by atoms with van der Waals surface area (Å²) >= 11 is 0. The van der Waals surface area contributed by atoms with Crippen molar-refractivity contribution in [1.29, 1.82) is 0 Å². The maximum atomic E-state index is 11.5. The molecular formula is C10H14N2O3. The molecule has 5 nitrogen and oxygen atoms in total. The van der Waals surface area contributed by atoms with Crippen LogP contribution in [0.25, 0.3) is 0 Å². The van der Waals surface area contributed by atoms with Gasteiger partial charge in [0.05, 0.1) is 6.54 Å². The van der Waals surface area contributed by atoms with E-state index in [0.29, 0.717) is 0 Å². The van der Waals surface area contributed by atoms with Gasteiger partial charge in [0.25, 0.3) is 0 Å². The van der Waals surface area contributed by atoms with Crippen LogP contribution in [-0.2, 0) is 4.79 Å². The summed E-state index contributed by atoms with van der Waals surface area (Å²) in [6.07, 6.45) is 1.78. The molecule has 15 heavy (non-hydrogen) atoms. The Balaban J connectivity index is 2.42. The number of carbonyl (C=O) groups excluding carboxylic acids is 1. The Labute approximate surface area is 88.4 Å². The molecule has 0 aliphatic heterocycles. The SMILES string of the molecule is CC#CCNC(=O)N(CC(=O)O)C1CC1. The molecule has 0 unspecified atom stereocenters. The van der Waals surface area contributed by atoms with E-state index in [4.69, 9.17) is 5.11 Å². The molecule has 1 aliphatic rings. The molecule has 1 aliphatic carbocycles. The Bertz CT molecular complexity index is 312. The molecular weight excluding hydrogens is 196 g/mol. The van der Waals surface area contributed by atoms with Crippen molar-refractivity contribution < 1.29 is 14.7 Å². The summed E-state index contributed by atoms with van der Waals surface area (Å²) < 4.78 is 0. The lowest BCUT2D eigenvalue weighted by Crippen LogP contribution is -2.44. The monoisotopic (exact) mass is 210 g/mol. The molecule has 82 valence electrons. The zero-order valence-corrected chi connectivity index (χ0v) is 8.62. The first-order valence-electron chi connectivity index (χ1n) is 4.81. The number of urea groups is 1. The Morgan fingerprint density at radius 3 is 2.67 bits per heavy atom. The second-order valence-electron chi connectivity index (χ2n) is 3.34. The molecule has 1 fully saturated rings. The smallest absolute Gasteiger partial charge is 0.323 e. The molecule has 2 amide bonds. The van der Waals surface area contributed by atoms with Gasteiger partial charge >= 0.3 is 12.0 Å². The molecule has 0 heterocycles. The molecule has 0 bridgehead atoms. The highest BCUT2D eigenvalue weighted by molar-refractivity contribution is 5.80. The Morgan fingerprint density at radius 1 is 1.53 bits per heavy atom. The lowest BCUT2D eigenvalue weighted by atomic mass is 10.5. The van der Waals surface area contributed by atoms with E-state index in [9.17, 15) is 9.59 Å². The van der Waals surface area contributed by atoms with Gasteiger partial charge in [-0.25, -0.2) is 4.79 Å². The van der Waals surface area contributed by atoms with Gasteiger partial charge in [0.1, 0.15) is 6.54 Å². The highest BCUT2D eigenvalue weighted by atomic mass is 16.4. The topological polar surface area (TPSA) is 69.6 Å². The molecule has 0 aromatic rings. The number of hydrogen-bond donors (Lipinski definition) is 2. The van der Waals surface area contributed by atoms with Crippen LogP contribution in [0.5, 0.6) is 0 Å². The van der Waals surface area contributed by atoms with Crippen LogP contribution in [0.1, 0.15) is 19.8 Å². The zero-order chi connectivity index (χ0) is 11.3. The number of carbonyl (C=O) groups is 2. The number of nitrogens with one attached hydrogen (secondary N) is 1. The third-order valence-electron chi connectivity index (χ3n) is 2.06. The van der Waals surface area contributed by atoms with Crippen LogP contribution in [0.4, 0.5) is 4.79 Å². The minimum Gasteiger partial charge on any atom is -0.480 e. The Kier molecular flexibility index (Phi) is 3.98. The van der Waals surface area contributed by atoms with E-state index in [-0.39, 0.29) is 25.2 Å². The first-order valence-corrected chi connectivity index (χ1v) is 4.81. The number of hydrogen-bond acceptors (Lipinski definition) is 2. The number of carboxylic acid groups (broad SMARTS) is 1. The normalized spacial score (nSPS) is 13.7. The molecule has 0 atom stereocenters. The maximum Gasteiger partial charge on any atom is 0.323 e. The van der Waals surface area contributed by atoms with Gasteiger partial charge in [0.2, 0.25) is 0 Å². The van der Waals surface area contributed by atoms with Gasteiger partial charge in [-0.05, 0) is 19.8 Å². The van der Waals surface area contributed by atoms with E-state index in [1.165, 1.54) is 4.90 Å². The second-order valence-corrected chi connectivity index (χ2v) is 3.34. The predicted octanol–water partition coefficient (Wildman–Crippen LogP) is 0.268. The average molecular weight is 210 g/mol. The Morgan fingerprint density at radius 2 is 2.20 bits per heavy atom. The van der Waals surface area contributed by atoms with Crippen molar-refractivity contribution in [2.45, 2.75) is 25.8 Å². The first-order chi connectivity index (χ1) is 7.15. The van der Waals surface area contributed by atoms with Crippen LogP contribution in [0.15, 0.2) is 0 Å². The third kappa shape index (κ3) is 3.90. The van der Waals surface area contributed by atoms with Crippen molar-refractivity contribution in [2.75, 3.05) is 13.1 Å². The van der Waals surface area contributed by atoms with Crippen LogP contribution in [-0.4, -0.2) is 41.1 Å². The molecule has 0 saturated heterocycles. The van der Waals surface area contributed by atoms with Crippen LogP contribution in [0, 0.1) is 11.8 Å². The quantitative estimate of drug-likeness (QED) is 0.654. The zero-order valence-electron chi connectivity index (χ0n) is 8.62. The molecule has 0 spiro atoms. The highest BCUT2D eigenvalue weighted by Crippen LogP contribution is 2.26. The number of amides is 2. The number of rotatable bonds is 4. The van der Waals surface area contributed by atoms with E-state index >= 15 is 0 Å². The number of nitrogens with zero attached hydrogens (tertiary/aromatic N) is 1. The maximum absolute atomic E-state index is 11.5. The first kappa shape index (κ1) is 11.4. The summed E-state index contributed by atoms with van der Waals surface area (Å²) in [7, 11) is 0. The minimum absolute atomic E-state index is 0.0932.